The third-order valence-corrected chi connectivity index (χ3v) is 4.30. The van der Waals surface area contributed by atoms with E-state index in [1.165, 1.54) is 0 Å². The fraction of sp³-hybridized carbons (Fsp3) is 0.158. The molecule has 0 bridgehead atoms. The first kappa shape index (κ1) is 16.4. The zero-order valence-electron chi connectivity index (χ0n) is 13.5. The minimum Gasteiger partial charge on any atom is -0.336 e. The molecule has 2 aromatic heterocycles. The van der Waals surface area contributed by atoms with Crippen LogP contribution in [0.25, 0.3) is 5.57 Å². The van der Waals surface area contributed by atoms with Gasteiger partial charge in [-0.25, -0.2) is 4.98 Å². The lowest BCUT2D eigenvalue weighted by atomic mass is 9.92. The highest BCUT2D eigenvalue weighted by molar-refractivity contribution is 6.30. The SMILES string of the molecule is C=C(c1cc(Cl)ccc1Cc1ccccn1)[C@@H](N)c1cncn1C. The molecule has 0 amide bonds. The molecule has 0 aliphatic heterocycles. The Hall–Kier alpha value is -2.43. The van der Waals surface area contributed by atoms with Gasteiger partial charge in [0.15, 0.2) is 0 Å². The molecular formula is C19H19ClN4. The minimum absolute atomic E-state index is 0.349. The summed E-state index contributed by atoms with van der Waals surface area (Å²) < 4.78 is 1.90. The Labute approximate surface area is 146 Å². The van der Waals surface area contributed by atoms with Gasteiger partial charge < -0.3 is 10.3 Å². The van der Waals surface area contributed by atoms with E-state index in [9.17, 15) is 0 Å². The summed E-state index contributed by atoms with van der Waals surface area (Å²) in [7, 11) is 1.92. The van der Waals surface area contributed by atoms with Gasteiger partial charge in [0.25, 0.3) is 0 Å². The van der Waals surface area contributed by atoms with Crippen LogP contribution in [0.3, 0.4) is 0 Å². The van der Waals surface area contributed by atoms with Crippen molar-refractivity contribution in [1.82, 2.24) is 14.5 Å². The van der Waals surface area contributed by atoms with E-state index in [1.807, 2.05) is 48.0 Å². The molecule has 122 valence electrons. The maximum absolute atomic E-state index is 6.41. The van der Waals surface area contributed by atoms with Gasteiger partial charge in [0, 0.05) is 30.4 Å². The van der Waals surface area contributed by atoms with E-state index in [0.29, 0.717) is 11.4 Å². The number of nitrogens with two attached hydrogens (primary N) is 1. The summed E-state index contributed by atoms with van der Waals surface area (Å²) in [5, 5.41) is 0.660. The van der Waals surface area contributed by atoms with Crippen LogP contribution in [-0.4, -0.2) is 14.5 Å². The van der Waals surface area contributed by atoms with Crippen molar-refractivity contribution in [2.75, 3.05) is 0 Å². The lowest BCUT2D eigenvalue weighted by Crippen LogP contribution is -2.16. The van der Waals surface area contributed by atoms with Gasteiger partial charge in [-0.2, -0.15) is 0 Å². The molecule has 0 aliphatic rings. The van der Waals surface area contributed by atoms with E-state index in [1.54, 1.807) is 18.7 Å². The van der Waals surface area contributed by atoms with E-state index < -0.39 is 0 Å². The molecule has 0 spiro atoms. The van der Waals surface area contributed by atoms with Gasteiger partial charge >= 0.3 is 0 Å². The molecule has 1 atom stereocenters. The van der Waals surface area contributed by atoms with Crippen molar-refractivity contribution in [3.05, 3.63) is 89.2 Å². The number of hydrogen-bond acceptors (Lipinski definition) is 3. The molecule has 2 heterocycles. The summed E-state index contributed by atoms with van der Waals surface area (Å²) in [6, 6.07) is 11.3. The second-order valence-corrected chi connectivity index (χ2v) is 6.17. The zero-order valence-corrected chi connectivity index (χ0v) is 14.2. The second-order valence-electron chi connectivity index (χ2n) is 5.73. The summed E-state index contributed by atoms with van der Waals surface area (Å²) >= 11 is 6.21. The third kappa shape index (κ3) is 3.40. The molecule has 5 heteroatoms. The van der Waals surface area contributed by atoms with E-state index in [-0.39, 0.29) is 6.04 Å². The highest BCUT2D eigenvalue weighted by Gasteiger charge is 2.18. The number of nitrogens with zero attached hydrogens (tertiary/aromatic N) is 3. The van der Waals surface area contributed by atoms with E-state index in [2.05, 4.69) is 16.5 Å². The Morgan fingerprint density at radius 2 is 2.17 bits per heavy atom. The first-order chi connectivity index (χ1) is 11.6. The van der Waals surface area contributed by atoms with Gasteiger partial charge in [-0.05, 0) is 41.0 Å². The van der Waals surface area contributed by atoms with Gasteiger partial charge in [0.1, 0.15) is 0 Å². The molecule has 3 rings (SSSR count). The Kier molecular flexibility index (Phi) is 4.79. The van der Waals surface area contributed by atoms with Crippen LogP contribution in [0.5, 0.6) is 0 Å². The summed E-state index contributed by atoms with van der Waals surface area (Å²) in [6.45, 7) is 4.22. The Balaban J connectivity index is 1.96. The number of pyridine rings is 1. The highest BCUT2D eigenvalue weighted by Crippen LogP contribution is 2.31. The lowest BCUT2D eigenvalue weighted by Gasteiger charge is -2.19. The van der Waals surface area contributed by atoms with Gasteiger partial charge in [-0.15, -0.1) is 0 Å². The number of rotatable bonds is 5. The third-order valence-electron chi connectivity index (χ3n) is 4.06. The molecule has 0 aliphatic carbocycles. The number of aryl methyl sites for hydroxylation is 1. The normalized spacial score (nSPS) is 12.1. The van der Waals surface area contributed by atoms with Crippen molar-refractivity contribution < 1.29 is 0 Å². The number of benzene rings is 1. The van der Waals surface area contributed by atoms with Gasteiger partial charge in [0.05, 0.1) is 24.3 Å². The smallest absolute Gasteiger partial charge is 0.0946 e. The number of halogens is 1. The second kappa shape index (κ2) is 6.99. The molecule has 0 radical (unpaired) electrons. The average molecular weight is 339 g/mol. The molecule has 0 fully saturated rings. The summed E-state index contributed by atoms with van der Waals surface area (Å²) in [6.07, 6.45) is 5.99. The standard InChI is InChI=1S/C19H19ClN4/c1-13(19(21)18-11-22-12-24(18)2)17-10-15(20)7-6-14(17)9-16-5-3-4-8-23-16/h3-8,10-12,19H,1,9,21H2,2H3/t19-/m1/s1. The van der Waals surface area contributed by atoms with Crippen molar-refractivity contribution in [2.24, 2.45) is 12.8 Å². The largest absolute Gasteiger partial charge is 0.336 e. The molecule has 0 saturated heterocycles. The van der Waals surface area contributed by atoms with Gasteiger partial charge in [0.2, 0.25) is 0 Å². The average Bonchev–Trinajstić information content (AvgIpc) is 3.02. The Bertz CT molecular complexity index is 855. The monoisotopic (exact) mass is 338 g/mol. The van der Waals surface area contributed by atoms with E-state index in [0.717, 1.165) is 28.1 Å². The lowest BCUT2D eigenvalue weighted by molar-refractivity contribution is 0.774. The fourth-order valence-corrected chi connectivity index (χ4v) is 2.88. The number of imidazole rings is 1. The quantitative estimate of drug-likeness (QED) is 0.770. The maximum Gasteiger partial charge on any atom is 0.0946 e. The number of hydrogen-bond donors (Lipinski definition) is 1. The zero-order chi connectivity index (χ0) is 17.1. The summed E-state index contributed by atoms with van der Waals surface area (Å²) in [5.41, 5.74) is 11.2. The topological polar surface area (TPSA) is 56.7 Å². The molecule has 4 nitrogen and oxygen atoms in total. The highest BCUT2D eigenvalue weighted by atomic mass is 35.5. The van der Waals surface area contributed by atoms with Crippen LogP contribution in [0.15, 0.2) is 61.7 Å². The Morgan fingerprint density at radius 1 is 1.33 bits per heavy atom. The molecule has 0 saturated carbocycles. The summed E-state index contributed by atoms with van der Waals surface area (Å²) in [4.78, 5) is 8.53. The van der Waals surface area contributed by atoms with Crippen LogP contribution >= 0.6 is 11.6 Å². The molecule has 0 unspecified atom stereocenters. The van der Waals surface area contributed by atoms with Crippen molar-refractivity contribution in [3.8, 4) is 0 Å². The Morgan fingerprint density at radius 3 is 2.83 bits per heavy atom. The minimum atomic E-state index is -0.349. The number of aromatic nitrogens is 3. The van der Waals surface area contributed by atoms with Crippen molar-refractivity contribution in [2.45, 2.75) is 12.5 Å². The van der Waals surface area contributed by atoms with Crippen LogP contribution in [0.1, 0.15) is 28.6 Å². The van der Waals surface area contributed by atoms with Gasteiger partial charge in [-0.1, -0.05) is 30.3 Å². The first-order valence-corrected chi connectivity index (χ1v) is 8.03. The van der Waals surface area contributed by atoms with Crippen LogP contribution in [-0.2, 0) is 13.5 Å². The van der Waals surface area contributed by atoms with Crippen LogP contribution in [0.2, 0.25) is 5.02 Å². The van der Waals surface area contributed by atoms with E-state index >= 15 is 0 Å². The van der Waals surface area contributed by atoms with Crippen molar-refractivity contribution in [1.29, 1.82) is 0 Å². The van der Waals surface area contributed by atoms with Crippen molar-refractivity contribution in [3.63, 3.8) is 0 Å². The molecular weight excluding hydrogens is 320 g/mol. The van der Waals surface area contributed by atoms with Crippen molar-refractivity contribution >= 4 is 17.2 Å². The fourth-order valence-electron chi connectivity index (χ4n) is 2.71. The maximum atomic E-state index is 6.41. The molecule has 3 aromatic rings. The van der Waals surface area contributed by atoms with Gasteiger partial charge in [-0.3, -0.25) is 4.98 Å². The molecule has 24 heavy (non-hydrogen) atoms. The molecule has 1 aromatic carbocycles. The van der Waals surface area contributed by atoms with Crippen LogP contribution in [0.4, 0.5) is 0 Å². The summed E-state index contributed by atoms with van der Waals surface area (Å²) in [5.74, 6) is 0. The van der Waals surface area contributed by atoms with Crippen LogP contribution < -0.4 is 5.73 Å². The predicted molar refractivity (Wildman–Crippen MR) is 97.7 cm³/mol. The molecule has 2 N–H and O–H groups in total. The first-order valence-electron chi connectivity index (χ1n) is 7.65. The van der Waals surface area contributed by atoms with E-state index in [4.69, 9.17) is 17.3 Å². The van der Waals surface area contributed by atoms with Crippen LogP contribution in [0, 0.1) is 0 Å². The predicted octanol–water partition coefficient (Wildman–Crippen LogP) is 3.77.